The highest BCUT2D eigenvalue weighted by Gasteiger charge is 2.35. The smallest absolute Gasteiger partial charge is 0.410 e. The zero-order valence-corrected chi connectivity index (χ0v) is 18.6. The van der Waals surface area contributed by atoms with E-state index < -0.39 is 12.1 Å². The van der Waals surface area contributed by atoms with Gasteiger partial charge < -0.3 is 20.4 Å². The summed E-state index contributed by atoms with van der Waals surface area (Å²) in [5, 5.41) is 12.3. The molecule has 0 saturated carbocycles. The Morgan fingerprint density at radius 1 is 1.09 bits per heavy atom. The van der Waals surface area contributed by atoms with Crippen molar-refractivity contribution in [2.45, 2.75) is 19.1 Å². The van der Waals surface area contributed by atoms with Crippen molar-refractivity contribution in [3.8, 4) is 5.75 Å². The van der Waals surface area contributed by atoms with Gasteiger partial charge in [-0.2, -0.15) is 0 Å². The Hall–Kier alpha value is -3.71. The molecule has 0 bridgehead atoms. The van der Waals surface area contributed by atoms with Gasteiger partial charge in [-0.05, 0) is 41.3 Å². The fraction of sp³-hybridized carbons (Fsp3) is 0.200. The molecule has 7 nitrogen and oxygen atoms in total. The SMILES string of the molecule is NC(COc1ccc(Cl)cc1C1c2ccccc2CCN1C(=O)OCc1ccccc1)=NO. The molecule has 170 valence electrons. The van der Waals surface area contributed by atoms with Crippen LogP contribution in [0.25, 0.3) is 0 Å². The molecule has 0 aromatic heterocycles. The van der Waals surface area contributed by atoms with Crippen molar-refractivity contribution in [1.82, 2.24) is 4.90 Å². The maximum atomic E-state index is 13.2. The largest absolute Gasteiger partial charge is 0.485 e. The van der Waals surface area contributed by atoms with Gasteiger partial charge in [-0.15, -0.1) is 0 Å². The third-order valence-corrected chi connectivity index (χ3v) is 5.73. The molecule has 4 rings (SSSR count). The maximum Gasteiger partial charge on any atom is 0.410 e. The van der Waals surface area contributed by atoms with Crippen molar-refractivity contribution in [3.63, 3.8) is 0 Å². The Bertz CT molecular complexity index is 1150. The number of carbonyl (C=O) groups is 1. The van der Waals surface area contributed by atoms with Gasteiger partial charge in [0.2, 0.25) is 0 Å². The molecule has 3 N–H and O–H groups in total. The highest BCUT2D eigenvalue weighted by atomic mass is 35.5. The van der Waals surface area contributed by atoms with Crippen molar-refractivity contribution in [3.05, 3.63) is 100 Å². The van der Waals surface area contributed by atoms with Crippen LogP contribution in [0.15, 0.2) is 78.0 Å². The minimum Gasteiger partial charge on any atom is -0.485 e. The average molecular weight is 466 g/mol. The Morgan fingerprint density at radius 3 is 2.64 bits per heavy atom. The van der Waals surface area contributed by atoms with E-state index >= 15 is 0 Å². The van der Waals surface area contributed by atoms with Crippen LogP contribution in [0, 0.1) is 0 Å². The summed E-state index contributed by atoms with van der Waals surface area (Å²) in [5.41, 5.74) is 9.29. The van der Waals surface area contributed by atoms with Crippen molar-refractivity contribution >= 4 is 23.5 Å². The lowest BCUT2D eigenvalue weighted by atomic mass is 9.88. The molecule has 1 unspecified atom stereocenters. The van der Waals surface area contributed by atoms with Crippen molar-refractivity contribution in [2.75, 3.05) is 13.2 Å². The number of rotatable bonds is 6. The molecule has 0 spiro atoms. The van der Waals surface area contributed by atoms with Gasteiger partial charge in [0, 0.05) is 17.1 Å². The van der Waals surface area contributed by atoms with Crippen LogP contribution in [-0.4, -0.2) is 35.2 Å². The number of hydrogen-bond donors (Lipinski definition) is 2. The van der Waals surface area contributed by atoms with Gasteiger partial charge in [0.1, 0.15) is 19.0 Å². The Balaban J connectivity index is 1.69. The minimum absolute atomic E-state index is 0.0703. The summed E-state index contributed by atoms with van der Waals surface area (Å²) >= 11 is 6.34. The zero-order chi connectivity index (χ0) is 23.2. The molecule has 1 atom stereocenters. The van der Waals surface area contributed by atoms with Gasteiger partial charge >= 0.3 is 6.09 Å². The highest BCUT2D eigenvalue weighted by Crippen LogP contribution is 2.40. The number of carbonyl (C=O) groups excluding carboxylic acids is 1. The number of hydrogen-bond acceptors (Lipinski definition) is 5. The van der Waals surface area contributed by atoms with Crippen LogP contribution >= 0.6 is 11.6 Å². The maximum absolute atomic E-state index is 13.2. The monoisotopic (exact) mass is 465 g/mol. The molecule has 0 radical (unpaired) electrons. The number of benzene rings is 3. The van der Waals surface area contributed by atoms with Crippen LogP contribution in [0.2, 0.25) is 5.02 Å². The first-order chi connectivity index (χ1) is 16.1. The van der Waals surface area contributed by atoms with Crippen LogP contribution in [0.3, 0.4) is 0 Å². The lowest BCUT2D eigenvalue weighted by molar-refractivity contribution is 0.0832. The number of oxime groups is 1. The van der Waals surface area contributed by atoms with Crippen LogP contribution in [0.5, 0.6) is 5.75 Å². The van der Waals surface area contributed by atoms with E-state index in [9.17, 15) is 4.79 Å². The molecular formula is C25H24ClN3O4. The standard InChI is InChI=1S/C25H24ClN3O4/c26-19-10-11-22(32-16-23(27)28-31)21(14-19)24-20-9-5-4-8-18(20)12-13-29(24)25(30)33-15-17-6-2-1-3-7-17/h1-11,14,24,31H,12-13,15-16H2,(H2,27,28). The molecule has 0 aliphatic carbocycles. The number of amides is 1. The molecule has 1 amide bonds. The van der Waals surface area contributed by atoms with Crippen LogP contribution in [0.4, 0.5) is 4.79 Å². The first-order valence-corrected chi connectivity index (χ1v) is 10.9. The molecule has 0 saturated heterocycles. The van der Waals surface area contributed by atoms with E-state index in [0.29, 0.717) is 29.3 Å². The summed E-state index contributed by atoms with van der Waals surface area (Å²) in [6.45, 7) is 0.534. The van der Waals surface area contributed by atoms with E-state index in [1.165, 1.54) is 0 Å². The average Bonchev–Trinajstić information content (AvgIpc) is 2.86. The molecule has 1 heterocycles. The minimum atomic E-state index is -0.473. The Kier molecular flexibility index (Phi) is 7.00. The fourth-order valence-corrected chi connectivity index (χ4v) is 4.13. The predicted octanol–water partition coefficient (Wildman–Crippen LogP) is 4.75. The van der Waals surface area contributed by atoms with E-state index in [0.717, 1.165) is 16.7 Å². The summed E-state index contributed by atoms with van der Waals surface area (Å²) in [5.74, 6) is 0.410. The number of amidine groups is 1. The molecule has 0 fully saturated rings. The molecule has 33 heavy (non-hydrogen) atoms. The van der Waals surface area contributed by atoms with E-state index in [1.807, 2.05) is 48.5 Å². The van der Waals surface area contributed by atoms with Gasteiger partial charge in [0.05, 0.1) is 6.04 Å². The first kappa shape index (κ1) is 22.5. The highest BCUT2D eigenvalue weighted by molar-refractivity contribution is 6.30. The summed E-state index contributed by atoms with van der Waals surface area (Å²) in [7, 11) is 0. The second-order valence-electron chi connectivity index (χ2n) is 7.65. The van der Waals surface area contributed by atoms with Crippen molar-refractivity contribution < 1.29 is 19.5 Å². The molecular weight excluding hydrogens is 442 g/mol. The van der Waals surface area contributed by atoms with E-state index in [2.05, 4.69) is 11.2 Å². The van der Waals surface area contributed by atoms with Gasteiger partial charge in [-0.3, -0.25) is 4.90 Å². The van der Waals surface area contributed by atoms with E-state index in [1.54, 1.807) is 23.1 Å². The summed E-state index contributed by atoms with van der Waals surface area (Å²) in [4.78, 5) is 14.9. The lowest BCUT2D eigenvalue weighted by Gasteiger charge is -2.37. The third-order valence-electron chi connectivity index (χ3n) is 5.49. The normalized spacial score (nSPS) is 15.6. The molecule has 3 aromatic carbocycles. The number of nitrogens with two attached hydrogens (primary N) is 1. The number of fused-ring (bicyclic) bond motifs is 1. The van der Waals surface area contributed by atoms with E-state index in [4.69, 9.17) is 32.0 Å². The fourth-order valence-electron chi connectivity index (χ4n) is 3.95. The second kappa shape index (κ2) is 10.3. The molecule has 1 aliphatic rings. The Labute approximate surface area is 197 Å². The van der Waals surface area contributed by atoms with Gasteiger partial charge in [-0.25, -0.2) is 4.79 Å². The van der Waals surface area contributed by atoms with Crippen molar-refractivity contribution in [1.29, 1.82) is 0 Å². The summed E-state index contributed by atoms with van der Waals surface area (Å²) < 4.78 is 11.5. The second-order valence-corrected chi connectivity index (χ2v) is 8.08. The number of nitrogens with zero attached hydrogens (tertiary/aromatic N) is 2. The molecule has 8 heteroatoms. The van der Waals surface area contributed by atoms with Crippen molar-refractivity contribution in [2.24, 2.45) is 10.9 Å². The van der Waals surface area contributed by atoms with Gasteiger partial charge in [-0.1, -0.05) is 71.4 Å². The van der Waals surface area contributed by atoms with Crippen LogP contribution in [0.1, 0.15) is 28.3 Å². The molecule has 1 aliphatic heterocycles. The lowest BCUT2D eigenvalue weighted by Crippen LogP contribution is -2.41. The predicted molar refractivity (Wildman–Crippen MR) is 126 cm³/mol. The summed E-state index contributed by atoms with van der Waals surface area (Å²) in [6, 6.07) is 22.2. The summed E-state index contributed by atoms with van der Waals surface area (Å²) in [6.07, 6.45) is 0.272. The third kappa shape index (κ3) is 5.21. The number of halogens is 1. The molecule has 3 aromatic rings. The van der Waals surface area contributed by atoms with Gasteiger partial charge in [0.15, 0.2) is 5.84 Å². The van der Waals surface area contributed by atoms with E-state index in [-0.39, 0.29) is 19.0 Å². The number of ether oxygens (including phenoxy) is 2. The topological polar surface area (TPSA) is 97.4 Å². The zero-order valence-electron chi connectivity index (χ0n) is 17.9. The quantitative estimate of drug-likeness (QED) is 0.237. The first-order valence-electron chi connectivity index (χ1n) is 10.5. The van der Waals surface area contributed by atoms with Crippen LogP contribution < -0.4 is 10.5 Å². The van der Waals surface area contributed by atoms with Gasteiger partial charge in [0.25, 0.3) is 0 Å². The van der Waals surface area contributed by atoms with Crippen LogP contribution in [-0.2, 0) is 17.8 Å². The Morgan fingerprint density at radius 2 is 1.85 bits per heavy atom.